The van der Waals surface area contributed by atoms with Crippen LogP contribution in [0.3, 0.4) is 0 Å². The van der Waals surface area contributed by atoms with E-state index in [4.69, 9.17) is 20.8 Å². The van der Waals surface area contributed by atoms with Crippen molar-refractivity contribution in [1.29, 1.82) is 0 Å². The minimum Gasteiger partial charge on any atom is -0.502 e. The molecule has 0 radical (unpaired) electrons. The number of imide groups is 1. The van der Waals surface area contributed by atoms with Gasteiger partial charge in [0.1, 0.15) is 5.82 Å². The predicted octanol–water partition coefficient (Wildman–Crippen LogP) is 3.02. The number of amides is 2. The molecule has 0 unspecified atom stereocenters. The minimum absolute atomic E-state index is 0.0511. The zero-order chi connectivity index (χ0) is 18.3. The first kappa shape index (κ1) is 17.0. The zero-order valence-electron chi connectivity index (χ0n) is 12.8. The van der Waals surface area contributed by atoms with Crippen LogP contribution >= 0.6 is 11.6 Å². The van der Waals surface area contributed by atoms with Crippen LogP contribution in [0.4, 0.5) is 10.3 Å². The Labute approximate surface area is 145 Å². The lowest BCUT2D eigenvalue weighted by molar-refractivity contribution is -0.132. The highest BCUT2D eigenvalue weighted by Crippen LogP contribution is 2.49. The van der Waals surface area contributed by atoms with Gasteiger partial charge >= 0.3 is 5.97 Å². The van der Waals surface area contributed by atoms with E-state index in [9.17, 15) is 23.9 Å². The number of rotatable bonds is 3. The van der Waals surface area contributed by atoms with Crippen LogP contribution in [-0.2, 0) is 14.4 Å². The summed E-state index contributed by atoms with van der Waals surface area (Å²) in [6.45, 7) is 1.06. The first-order valence-electron chi connectivity index (χ1n) is 7.15. The molecule has 1 aromatic carbocycles. The number of anilines is 1. The molecule has 1 aliphatic rings. The number of carbonyl (C=O) groups excluding carboxylic acids is 3. The summed E-state index contributed by atoms with van der Waals surface area (Å²) in [6, 6.07) is 3.60. The van der Waals surface area contributed by atoms with Gasteiger partial charge in [0, 0.05) is 24.8 Å². The number of esters is 1. The summed E-state index contributed by atoms with van der Waals surface area (Å²) in [4.78, 5) is 35.8. The summed E-state index contributed by atoms with van der Waals surface area (Å²) in [5, 5.41) is 10.4. The van der Waals surface area contributed by atoms with E-state index in [1.807, 2.05) is 0 Å². The number of ether oxygens (including phenoxy) is 1. The number of carbonyl (C=O) groups is 3. The van der Waals surface area contributed by atoms with Crippen molar-refractivity contribution >= 4 is 35.3 Å². The van der Waals surface area contributed by atoms with Crippen LogP contribution in [-0.4, -0.2) is 22.9 Å². The van der Waals surface area contributed by atoms with E-state index in [-0.39, 0.29) is 23.4 Å². The number of aromatic hydroxyl groups is 1. The second-order valence-corrected chi connectivity index (χ2v) is 5.69. The van der Waals surface area contributed by atoms with Crippen molar-refractivity contribution in [2.24, 2.45) is 0 Å². The first-order valence-corrected chi connectivity index (χ1v) is 7.52. The maximum Gasteiger partial charge on any atom is 0.308 e. The smallest absolute Gasteiger partial charge is 0.308 e. The van der Waals surface area contributed by atoms with E-state index in [2.05, 4.69) is 0 Å². The molecule has 0 bridgehead atoms. The van der Waals surface area contributed by atoms with Crippen molar-refractivity contribution in [1.82, 2.24) is 0 Å². The second-order valence-electron chi connectivity index (χ2n) is 5.25. The molecule has 25 heavy (non-hydrogen) atoms. The monoisotopic (exact) mass is 367 g/mol. The Hall–Kier alpha value is -2.87. The fourth-order valence-corrected chi connectivity index (χ4v) is 2.60. The van der Waals surface area contributed by atoms with Crippen molar-refractivity contribution in [3.05, 3.63) is 29.0 Å². The fourth-order valence-electron chi connectivity index (χ4n) is 2.44. The molecule has 0 spiro atoms. The fraction of sp³-hybridized carbons (Fsp3) is 0.188. The summed E-state index contributed by atoms with van der Waals surface area (Å²) in [5.41, 5.74) is -0.180. The maximum absolute atomic E-state index is 14.1. The summed E-state index contributed by atoms with van der Waals surface area (Å²) in [5.74, 6) is -4.90. The number of furan rings is 1. The number of hydrogen-bond donors (Lipinski definition) is 1. The van der Waals surface area contributed by atoms with Gasteiger partial charge < -0.3 is 14.3 Å². The van der Waals surface area contributed by atoms with Gasteiger partial charge in [-0.15, -0.1) is 0 Å². The second kappa shape index (κ2) is 6.21. The van der Waals surface area contributed by atoms with Crippen LogP contribution in [0.15, 0.2) is 22.6 Å². The Balaban J connectivity index is 2.20. The number of benzene rings is 1. The summed E-state index contributed by atoms with van der Waals surface area (Å²) in [7, 11) is 0. The largest absolute Gasteiger partial charge is 0.502 e. The lowest BCUT2D eigenvalue weighted by atomic mass is 10.1. The highest BCUT2D eigenvalue weighted by Gasteiger charge is 2.38. The third kappa shape index (κ3) is 2.96. The highest BCUT2D eigenvalue weighted by molar-refractivity contribution is 6.30. The molecule has 2 amide bonds. The molecule has 0 saturated carbocycles. The molecule has 3 rings (SSSR count). The van der Waals surface area contributed by atoms with E-state index >= 15 is 0 Å². The molecule has 1 aliphatic heterocycles. The maximum atomic E-state index is 14.1. The molecule has 130 valence electrons. The molecule has 1 aromatic heterocycles. The Morgan fingerprint density at radius 3 is 2.52 bits per heavy atom. The molecule has 1 saturated heterocycles. The van der Waals surface area contributed by atoms with E-state index in [1.165, 1.54) is 12.1 Å². The van der Waals surface area contributed by atoms with Crippen LogP contribution in [0.25, 0.3) is 11.3 Å². The summed E-state index contributed by atoms with van der Waals surface area (Å²) >= 11 is 5.69. The van der Waals surface area contributed by atoms with E-state index in [0.29, 0.717) is 4.90 Å². The topological polar surface area (TPSA) is 97.0 Å². The number of nitrogens with zero attached hydrogens (tertiary/aromatic N) is 1. The quantitative estimate of drug-likeness (QED) is 0.661. The third-order valence-electron chi connectivity index (χ3n) is 3.50. The molecule has 2 heterocycles. The van der Waals surface area contributed by atoms with Crippen molar-refractivity contribution in [3.8, 4) is 22.8 Å². The van der Waals surface area contributed by atoms with Gasteiger partial charge in [0.15, 0.2) is 5.76 Å². The minimum atomic E-state index is -0.820. The third-order valence-corrected chi connectivity index (χ3v) is 3.73. The van der Waals surface area contributed by atoms with E-state index < -0.39 is 46.7 Å². The van der Waals surface area contributed by atoms with Crippen molar-refractivity contribution in [2.45, 2.75) is 19.8 Å². The van der Waals surface area contributed by atoms with E-state index in [1.54, 1.807) is 0 Å². The molecular weight excluding hydrogens is 357 g/mol. The van der Waals surface area contributed by atoms with Gasteiger partial charge in [0.2, 0.25) is 23.3 Å². The van der Waals surface area contributed by atoms with Gasteiger partial charge in [0.25, 0.3) is 5.88 Å². The van der Waals surface area contributed by atoms with Crippen molar-refractivity contribution < 1.29 is 33.0 Å². The van der Waals surface area contributed by atoms with Crippen LogP contribution < -0.4 is 9.64 Å². The van der Waals surface area contributed by atoms with E-state index in [0.717, 1.165) is 13.0 Å². The van der Waals surface area contributed by atoms with Gasteiger partial charge in [-0.3, -0.25) is 14.4 Å². The molecule has 0 aliphatic carbocycles. The van der Waals surface area contributed by atoms with Gasteiger partial charge in [0.05, 0.1) is 5.56 Å². The lowest BCUT2D eigenvalue weighted by Gasteiger charge is -2.11. The highest BCUT2D eigenvalue weighted by atomic mass is 35.5. The first-order chi connectivity index (χ1) is 11.8. The average Bonchev–Trinajstić information content (AvgIpc) is 3.00. The van der Waals surface area contributed by atoms with Crippen molar-refractivity contribution in [3.63, 3.8) is 0 Å². The van der Waals surface area contributed by atoms with Gasteiger partial charge in [-0.1, -0.05) is 11.6 Å². The standard InChI is InChI=1S/C16H11ClFNO6/c1-7(20)24-15-13(23)14(9-3-2-8(17)6-10(9)18)25-16(15)19-11(21)4-5-12(19)22/h2-3,6,23H,4-5H2,1H3. The van der Waals surface area contributed by atoms with Gasteiger partial charge in [-0.25, -0.2) is 9.29 Å². The van der Waals surface area contributed by atoms with Crippen molar-refractivity contribution in [2.75, 3.05) is 4.90 Å². The molecule has 0 atom stereocenters. The molecule has 2 aromatic rings. The average molecular weight is 368 g/mol. The van der Waals surface area contributed by atoms with Crippen LogP contribution in [0.2, 0.25) is 5.02 Å². The lowest BCUT2D eigenvalue weighted by Crippen LogP contribution is -2.28. The number of hydrogen-bond acceptors (Lipinski definition) is 6. The molecule has 1 N–H and O–H groups in total. The predicted molar refractivity (Wildman–Crippen MR) is 83.8 cm³/mol. The Kier molecular flexibility index (Phi) is 4.22. The van der Waals surface area contributed by atoms with Crippen LogP contribution in [0.1, 0.15) is 19.8 Å². The van der Waals surface area contributed by atoms with Gasteiger partial charge in [-0.2, -0.15) is 0 Å². The van der Waals surface area contributed by atoms with Crippen LogP contribution in [0.5, 0.6) is 11.5 Å². The molecule has 1 fully saturated rings. The molecular formula is C16H11ClFNO6. The van der Waals surface area contributed by atoms with Gasteiger partial charge in [-0.05, 0) is 18.2 Å². The summed E-state index contributed by atoms with van der Waals surface area (Å²) in [6.07, 6.45) is -0.102. The SMILES string of the molecule is CC(=O)Oc1c(N2C(=O)CCC2=O)oc(-c2ccc(Cl)cc2F)c1O. The molecule has 9 heteroatoms. The Bertz CT molecular complexity index is 890. The number of halogens is 2. The Morgan fingerprint density at radius 2 is 1.96 bits per heavy atom. The zero-order valence-corrected chi connectivity index (χ0v) is 13.6. The summed E-state index contributed by atoms with van der Waals surface area (Å²) < 4.78 is 24.4. The molecule has 7 nitrogen and oxygen atoms in total. The Morgan fingerprint density at radius 1 is 1.32 bits per heavy atom. The van der Waals surface area contributed by atoms with Crippen LogP contribution in [0, 0.1) is 5.82 Å². The normalized spacial score (nSPS) is 14.3.